The lowest BCUT2D eigenvalue weighted by molar-refractivity contribution is -0.119. The van der Waals surface area contributed by atoms with Crippen LogP contribution in [0, 0.1) is 0 Å². The van der Waals surface area contributed by atoms with Crippen molar-refractivity contribution in [1.29, 1.82) is 0 Å². The Hall–Kier alpha value is -1.82. The number of carbonyl (C=O) groups excluding carboxylic acids is 1. The fourth-order valence-electron chi connectivity index (χ4n) is 1.54. The minimum absolute atomic E-state index is 0.0507. The highest BCUT2D eigenvalue weighted by Gasteiger charge is 2.07. The normalized spacial score (nSPS) is 10.4. The van der Waals surface area contributed by atoms with Crippen LogP contribution >= 0.6 is 11.3 Å². The van der Waals surface area contributed by atoms with E-state index >= 15 is 0 Å². The number of anilines is 2. The van der Waals surface area contributed by atoms with Gasteiger partial charge in [-0.2, -0.15) is 0 Å². The molecule has 0 unspecified atom stereocenters. The first-order valence-corrected chi connectivity index (χ1v) is 6.22. The second-order valence-corrected chi connectivity index (χ2v) is 4.42. The van der Waals surface area contributed by atoms with Crippen molar-refractivity contribution in [3.8, 4) is 0 Å². The van der Waals surface area contributed by atoms with Gasteiger partial charge in [-0.15, -0.1) is 11.3 Å². The molecule has 1 amide bonds. The maximum atomic E-state index is 11.3. The summed E-state index contributed by atoms with van der Waals surface area (Å²) >= 11 is 1.54. The number of nitrogens with zero attached hydrogens (tertiary/aromatic N) is 1. The first kappa shape index (κ1) is 11.7. The van der Waals surface area contributed by atoms with Gasteiger partial charge in [0.25, 0.3) is 0 Å². The molecule has 4 N–H and O–H groups in total. The number of benzene rings is 1. The number of hydrogen-bond acceptors (Lipinski definition) is 5. The second kappa shape index (κ2) is 5.01. The van der Waals surface area contributed by atoms with Gasteiger partial charge in [0.05, 0.1) is 28.1 Å². The highest BCUT2D eigenvalue weighted by Crippen LogP contribution is 2.29. The third kappa shape index (κ3) is 2.47. The van der Waals surface area contributed by atoms with Gasteiger partial charge in [-0.25, -0.2) is 4.98 Å². The predicted molar refractivity (Wildman–Crippen MR) is 71.2 cm³/mol. The number of hydrogen-bond donors (Lipinski definition) is 3. The lowest BCUT2D eigenvalue weighted by Crippen LogP contribution is -2.29. The fourth-order valence-corrected chi connectivity index (χ4v) is 2.23. The zero-order valence-corrected chi connectivity index (χ0v) is 10.3. The van der Waals surface area contributed by atoms with E-state index in [1.165, 1.54) is 0 Å². The average molecular weight is 250 g/mol. The summed E-state index contributed by atoms with van der Waals surface area (Å²) in [5, 5.41) is 5.72. The maximum absolute atomic E-state index is 11.3. The molecule has 1 aromatic heterocycles. The largest absolute Gasteiger partial charge is 0.395 e. The summed E-state index contributed by atoms with van der Waals surface area (Å²) in [6.07, 6.45) is 0. The van der Waals surface area contributed by atoms with E-state index in [1.54, 1.807) is 16.8 Å². The molecule has 0 fully saturated rings. The monoisotopic (exact) mass is 250 g/mol. The van der Waals surface area contributed by atoms with Crippen molar-refractivity contribution in [1.82, 2.24) is 10.3 Å². The summed E-state index contributed by atoms with van der Waals surface area (Å²) in [5.41, 5.74) is 9.86. The summed E-state index contributed by atoms with van der Waals surface area (Å²) in [6, 6.07) is 3.82. The van der Waals surface area contributed by atoms with Gasteiger partial charge in [0.2, 0.25) is 5.91 Å². The highest BCUT2D eigenvalue weighted by atomic mass is 32.1. The van der Waals surface area contributed by atoms with Gasteiger partial charge in [-0.3, -0.25) is 4.79 Å². The minimum Gasteiger partial charge on any atom is -0.395 e. The molecule has 5 nitrogen and oxygen atoms in total. The summed E-state index contributed by atoms with van der Waals surface area (Å²) in [6.45, 7) is 2.72. The number of carbonyl (C=O) groups is 1. The number of amides is 1. The number of thiazole rings is 1. The van der Waals surface area contributed by atoms with E-state index in [0.717, 1.165) is 15.9 Å². The molecular formula is C11H14N4OS. The molecule has 1 heterocycles. The van der Waals surface area contributed by atoms with Crippen molar-refractivity contribution >= 4 is 38.8 Å². The van der Waals surface area contributed by atoms with Gasteiger partial charge in [0.1, 0.15) is 5.52 Å². The molecule has 0 aliphatic heterocycles. The van der Waals surface area contributed by atoms with Crippen molar-refractivity contribution in [2.75, 3.05) is 24.1 Å². The van der Waals surface area contributed by atoms with Gasteiger partial charge in [-0.05, 0) is 19.1 Å². The summed E-state index contributed by atoms with van der Waals surface area (Å²) in [7, 11) is 0. The summed E-state index contributed by atoms with van der Waals surface area (Å²) in [5.74, 6) is -0.0507. The van der Waals surface area contributed by atoms with Crippen LogP contribution in [0.1, 0.15) is 6.92 Å². The van der Waals surface area contributed by atoms with Crippen LogP contribution in [0.4, 0.5) is 11.4 Å². The van der Waals surface area contributed by atoms with Crippen LogP contribution in [-0.4, -0.2) is 24.0 Å². The zero-order chi connectivity index (χ0) is 12.3. The van der Waals surface area contributed by atoms with E-state index in [-0.39, 0.29) is 12.5 Å². The lowest BCUT2D eigenvalue weighted by Gasteiger charge is -2.09. The number of fused-ring (bicyclic) bond motifs is 1. The molecule has 0 atom stereocenters. The Morgan fingerprint density at radius 3 is 3.12 bits per heavy atom. The van der Waals surface area contributed by atoms with Crippen LogP contribution in [0.15, 0.2) is 17.6 Å². The highest BCUT2D eigenvalue weighted by molar-refractivity contribution is 7.16. The molecule has 90 valence electrons. The van der Waals surface area contributed by atoms with Crippen LogP contribution in [-0.2, 0) is 4.79 Å². The summed E-state index contributed by atoms with van der Waals surface area (Å²) in [4.78, 5) is 15.5. The number of nitrogen functional groups attached to an aromatic ring is 1. The Morgan fingerprint density at radius 2 is 2.35 bits per heavy atom. The zero-order valence-electron chi connectivity index (χ0n) is 9.49. The first-order chi connectivity index (χ1) is 8.22. The van der Waals surface area contributed by atoms with Crippen molar-refractivity contribution < 1.29 is 4.79 Å². The smallest absolute Gasteiger partial charge is 0.239 e. The van der Waals surface area contributed by atoms with Gasteiger partial charge in [-0.1, -0.05) is 0 Å². The van der Waals surface area contributed by atoms with Crippen molar-refractivity contribution in [2.24, 2.45) is 0 Å². The molecule has 0 bridgehead atoms. The number of nitrogens with two attached hydrogens (primary N) is 1. The quantitative estimate of drug-likeness (QED) is 0.717. The van der Waals surface area contributed by atoms with Crippen LogP contribution < -0.4 is 16.4 Å². The number of nitrogens with one attached hydrogen (secondary N) is 2. The third-order valence-corrected chi connectivity index (χ3v) is 3.15. The van der Waals surface area contributed by atoms with Gasteiger partial charge in [0, 0.05) is 6.54 Å². The number of aromatic nitrogens is 1. The molecule has 6 heteroatoms. The summed E-state index contributed by atoms with van der Waals surface area (Å²) < 4.78 is 1.05. The van der Waals surface area contributed by atoms with Crippen molar-refractivity contribution in [3.63, 3.8) is 0 Å². The number of likely N-dealkylation sites (N-methyl/N-ethyl adjacent to an activating group) is 1. The van der Waals surface area contributed by atoms with Crippen LogP contribution in [0.3, 0.4) is 0 Å². The standard InChI is InChI=1S/C11H14N4OS/c1-2-13-9(16)5-14-7-3-4-8-11(10(7)12)15-6-17-8/h3-4,6,14H,2,5,12H2,1H3,(H,13,16). The van der Waals surface area contributed by atoms with E-state index in [4.69, 9.17) is 5.73 Å². The molecule has 0 saturated carbocycles. The van der Waals surface area contributed by atoms with E-state index in [0.29, 0.717) is 12.2 Å². The molecule has 17 heavy (non-hydrogen) atoms. The molecular weight excluding hydrogens is 236 g/mol. The average Bonchev–Trinajstić information content (AvgIpc) is 2.77. The first-order valence-electron chi connectivity index (χ1n) is 5.34. The minimum atomic E-state index is -0.0507. The van der Waals surface area contributed by atoms with Crippen molar-refractivity contribution in [2.45, 2.75) is 6.92 Å². The fraction of sp³-hybridized carbons (Fsp3) is 0.273. The lowest BCUT2D eigenvalue weighted by atomic mass is 10.2. The van der Waals surface area contributed by atoms with Gasteiger partial charge in [0.15, 0.2) is 0 Å². The molecule has 0 spiro atoms. The van der Waals surface area contributed by atoms with E-state index in [9.17, 15) is 4.79 Å². The second-order valence-electron chi connectivity index (χ2n) is 3.53. The molecule has 1 aromatic carbocycles. The van der Waals surface area contributed by atoms with Gasteiger partial charge >= 0.3 is 0 Å². The molecule has 0 saturated heterocycles. The molecule has 2 rings (SSSR count). The van der Waals surface area contributed by atoms with Crippen LogP contribution in [0.2, 0.25) is 0 Å². The Balaban J connectivity index is 2.13. The Kier molecular flexibility index (Phi) is 3.43. The van der Waals surface area contributed by atoms with Crippen LogP contribution in [0.25, 0.3) is 10.2 Å². The Morgan fingerprint density at radius 1 is 1.53 bits per heavy atom. The van der Waals surface area contributed by atoms with Crippen molar-refractivity contribution in [3.05, 3.63) is 17.6 Å². The van der Waals surface area contributed by atoms with E-state index in [2.05, 4.69) is 15.6 Å². The molecule has 2 aromatic rings. The van der Waals surface area contributed by atoms with Gasteiger partial charge < -0.3 is 16.4 Å². The van der Waals surface area contributed by atoms with E-state index in [1.807, 2.05) is 19.1 Å². The van der Waals surface area contributed by atoms with E-state index < -0.39 is 0 Å². The molecule has 0 aliphatic carbocycles. The Labute approximate surface area is 103 Å². The number of rotatable bonds is 4. The molecule has 0 aliphatic rings. The predicted octanol–water partition coefficient (Wildman–Crippen LogP) is 1.43. The Bertz CT molecular complexity index is 537. The maximum Gasteiger partial charge on any atom is 0.239 e. The molecule has 0 radical (unpaired) electrons. The SMILES string of the molecule is CCNC(=O)CNc1ccc2scnc2c1N. The topological polar surface area (TPSA) is 80.0 Å². The van der Waals surface area contributed by atoms with Crippen LogP contribution in [0.5, 0.6) is 0 Å². The third-order valence-electron chi connectivity index (χ3n) is 2.35.